The number of alkyl halides is 2. The zero-order valence-corrected chi connectivity index (χ0v) is 13.9. The van der Waals surface area contributed by atoms with Crippen molar-refractivity contribution in [3.63, 3.8) is 0 Å². The van der Waals surface area contributed by atoms with Gasteiger partial charge in [0.15, 0.2) is 9.84 Å². The molecule has 2 rings (SSSR count). The van der Waals surface area contributed by atoms with Gasteiger partial charge in [0.25, 0.3) is 5.91 Å². The van der Waals surface area contributed by atoms with E-state index >= 15 is 0 Å². The number of halogens is 3. The summed E-state index contributed by atoms with van der Waals surface area (Å²) in [4.78, 5) is 12.2. The van der Waals surface area contributed by atoms with Crippen LogP contribution < -0.4 is 10.1 Å². The molecule has 0 aliphatic carbocycles. The molecule has 0 heterocycles. The number of sulfone groups is 1. The first-order valence-corrected chi connectivity index (χ1v) is 8.80. The number of benzene rings is 2. The van der Waals surface area contributed by atoms with Crippen molar-refractivity contribution < 1.29 is 26.7 Å². The van der Waals surface area contributed by atoms with E-state index in [2.05, 4.69) is 10.1 Å². The largest absolute Gasteiger partial charge is 0.433 e. The molecule has 5 nitrogen and oxygen atoms in total. The van der Waals surface area contributed by atoms with Crippen LogP contribution >= 0.6 is 11.6 Å². The average Bonchev–Trinajstić information content (AvgIpc) is 2.49. The molecule has 0 saturated heterocycles. The van der Waals surface area contributed by atoms with Gasteiger partial charge in [-0.05, 0) is 30.3 Å². The van der Waals surface area contributed by atoms with E-state index in [-0.39, 0.29) is 26.9 Å². The summed E-state index contributed by atoms with van der Waals surface area (Å²) >= 11 is 5.80. The number of nitrogens with one attached hydrogen (secondary N) is 1. The molecule has 0 atom stereocenters. The van der Waals surface area contributed by atoms with Crippen LogP contribution in [0.25, 0.3) is 0 Å². The number of carbonyl (C=O) groups is 1. The number of hydrogen-bond acceptors (Lipinski definition) is 4. The second-order valence-electron chi connectivity index (χ2n) is 4.75. The van der Waals surface area contributed by atoms with Crippen molar-refractivity contribution in [3.8, 4) is 5.75 Å². The summed E-state index contributed by atoms with van der Waals surface area (Å²) in [6.45, 7) is -3.02. The molecule has 2 aromatic rings. The first kappa shape index (κ1) is 18.2. The van der Waals surface area contributed by atoms with Crippen molar-refractivity contribution in [1.82, 2.24) is 0 Å². The molecular formula is C15H12ClF2NO4S. The summed E-state index contributed by atoms with van der Waals surface area (Å²) in [6, 6.07) is 9.41. The van der Waals surface area contributed by atoms with Crippen LogP contribution in [0, 0.1) is 0 Å². The molecule has 0 aliphatic rings. The monoisotopic (exact) mass is 375 g/mol. The summed E-state index contributed by atoms with van der Waals surface area (Å²) in [6.07, 6.45) is 0.993. The SMILES string of the molecule is CS(=O)(=O)c1ccccc1C(=O)Nc1ccc(OC(F)F)c(Cl)c1. The zero-order chi connectivity index (χ0) is 17.9. The Bertz CT molecular complexity index is 872. The van der Waals surface area contributed by atoms with Crippen molar-refractivity contribution in [2.45, 2.75) is 11.5 Å². The fraction of sp³-hybridized carbons (Fsp3) is 0.133. The van der Waals surface area contributed by atoms with E-state index in [1.54, 1.807) is 0 Å². The van der Waals surface area contributed by atoms with Gasteiger partial charge >= 0.3 is 6.61 Å². The minimum absolute atomic E-state index is 0.0379. The van der Waals surface area contributed by atoms with E-state index in [1.165, 1.54) is 42.5 Å². The molecule has 0 spiro atoms. The normalized spacial score (nSPS) is 11.4. The minimum atomic E-state index is -3.59. The number of amides is 1. The molecule has 0 unspecified atom stereocenters. The van der Waals surface area contributed by atoms with Crippen LogP contribution in [0.5, 0.6) is 5.75 Å². The Balaban J connectivity index is 2.27. The van der Waals surface area contributed by atoms with Gasteiger partial charge in [0.2, 0.25) is 0 Å². The van der Waals surface area contributed by atoms with E-state index in [9.17, 15) is 22.0 Å². The predicted molar refractivity (Wildman–Crippen MR) is 85.6 cm³/mol. The lowest BCUT2D eigenvalue weighted by atomic mass is 10.2. The lowest BCUT2D eigenvalue weighted by Crippen LogP contribution is -2.16. The molecule has 24 heavy (non-hydrogen) atoms. The highest BCUT2D eigenvalue weighted by molar-refractivity contribution is 7.90. The summed E-state index contributed by atoms with van der Waals surface area (Å²) in [7, 11) is -3.59. The van der Waals surface area contributed by atoms with Crippen molar-refractivity contribution in [2.24, 2.45) is 0 Å². The van der Waals surface area contributed by atoms with Gasteiger partial charge in [-0.3, -0.25) is 4.79 Å². The highest BCUT2D eigenvalue weighted by Gasteiger charge is 2.18. The number of anilines is 1. The third-order valence-corrected chi connectivity index (χ3v) is 4.39. The van der Waals surface area contributed by atoms with Gasteiger partial charge in [0, 0.05) is 11.9 Å². The molecule has 2 aromatic carbocycles. The van der Waals surface area contributed by atoms with Crippen LogP contribution in [0.15, 0.2) is 47.4 Å². The van der Waals surface area contributed by atoms with Gasteiger partial charge in [-0.15, -0.1) is 0 Å². The highest BCUT2D eigenvalue weighted by Crippen LogP contribution is 2.29. The molecule has 0 saturated carbocycles. The van der Waals surface area contributed by atoms with Gasteiger partial charge in [-0.25, -0.2) is 8.42 Å². The van der Waals surface area contributed by atoms with Crippen LogP contribution in [0.3, 0.4) is 0 Å². The van der Waals surface area contributed by atoms with Gasteiger partial charge < -0.3 is 10.1 Å². The lowest BCUT2D eigenvalue weighted by molar-refractivity contribution is -0.0497. The standard InChI is InChI=1S/C15H12ClF2NO4S/c1-24(21,22)13-5-3-2-4-10(13)14(20)19-9-6-7-12(11(16)8-9)23-15(17)18/h2-8,15H,1H3,(H,19,20). The van der Waals surface area contributed by atoms with Gasteiger partial charge in [0.1, 0.15) is 5.75 Å². The van der Waals surface area contributed by atoms with Crippen LogP contribution in [-0.4, -0.2) is 27.2 Å². The third-order valence-electron chi connectivity index (χ3n) is 2.94. The molecular weight excluding hydrogens is 364 g/mol. The van der Waals surface area contributed by atoms with E-state index < -0.39 is 22.4 Å². The van der Waals surface area contributed by atoms with Crippen molar-refractivity contribution >= 4 is 33.0 Å². The molecule has 0 aliphatic heterocycles. The Kier molecular flexibility index (Phi) is 5.40. The van der Waals surface area contributed by atoms with Crippen molar-refractivity contribution in [3.05, 3.63) is 53.1 Å². The Morgan fingerprint density at radius 2 is 1.88 bits per heavy atom. The fourth-order valence-corrected chi connectivity index (χ4v) is 3.06. The second-order valence-corrected chi connectivity index (χ2v) is 7.14. The molecule has 1 N–H and O–H groups in total. The average molecular weight is 376 g/mol. The first-order valence-electron chi connectivity index (χ1n) is 6.53. The molecule has 0 radical (unpaired) electrons. The maximum atomic E-state index is 12.3. The second kappa shape index (κ2) is 7.14. The molecule has 0 fully saturated rings. The molecule has 9 heteroatoms. The Hall–Kier alpha value is -2.19. The number of ether oxygens (including phenoxy) is 1. The van der Waals surface area contributed by atoms with E-state index in [4.69, 9.17) is 11.6 Å². The van der Waals surface area contributed by atoms with Crippen molar-refractivity contribution in [1.29, 1.82) is 0 Å². The number of hydrogen-bond donors (Lipinski definition) is 1. The highest BCUT2D eigenvalue weighted by atomic mass is 35.5. The fourth-order valence-electron chi connectivity index (χ4n) is 1.95. The van der Waals surface area contributed by atoms with E-state index in [0.29, 0.717) is 0 Å². The van der Waals surface area contributed by atoms with E-state index in [0.717, 1.165) is 6.26 Å². The summed E-state index contributed by atoms with van der Waals surface area (Å²) in [5.74, 6) is -0.907. The van der Waals surface area contributed by atoms with Crippen LogP contribution in [-0.2, 0) is 9.84 Å². The number of carbonyl (C=O) groups excluding carboxylic acids is 1. The quantitative estimate of drug-likeness (QED) is 0.866. The van der Waals surface area contributed by atoms with E-state index in [1.807, 2.05) is 0 Å². The zero-order valence-electron chi connectivity index (χ0n) is 12.3. The third kappa shape index (κ3) is 4.42. The Morgan fingerprint density at radius 1 is 1.21 bits per heavy atom. The maximum Gasteiger partial charge on any atom is 0.387 e. The summed E-state index contributed by atoms with van der Waals surface area (Å²) < 4.78 is 52.0. The van der Waals surface area contributed by atoms with Crippen molar-refractivity contribution in [2.75, 3.05) is 11.6 Å². The van der Waals surface area contributed by atoms with Gasteiger partial charge in [-0.1, -0.05) is 23.7 Å². The number of rotatable bonds is 5. The molecule has 1 amide bonds. The van der Waals surface area contributed by atoms with Crippen LogP contribution in [0.4, 0.5) is 14.5 Å². The minimum Gasteiger partial charge on any atom is -0.433 e. The lowest BCUT2D eigenvalue weighted by Gasteiger charge is -2.11. The molecule has 128 valence electrons. The Labute approximate surface area is 142 Å². The van der Waals surface area contributed by atoms with Gasteiger partial charge in [-0.2, -0.15) is 8.78 Å². The van der Waals surface area contributed by atoms with Crippen LogP contribution in [0.2, 0.25) is 5.02 Å². The van der Waals surface area contributed by atoms with Gasteiger partial charge in [0.05, 0.1) is 15.5 Å². The summed E-state index contributed by atoms with van der Waals surface area (Å²) in [5, 5.41) is 2.34. The molecule has 0 bridgehead atoms. The first-order chi connectivity index (χ1) is 11.2. The Morgan fingerprint density at radius 3 is 2.46 bits per heavy atom. The molecule has 0 aromatic heterocycles. The topological polar surface area (TPSA) is 72.5 Å². The maximum absolute atomic E-state index is 12.3. The smallest absolute Gasteiger partial charge is 0.387 e. The summed E-state index contributed by atoms with van der Waals surface area (Å²) in [5.41, 5.74) is 0.166. The predicted octanol–water partition coefficient (Wildman–Crippen LogP) is 3.60. The van der Waals surface area contributed by atoms with Crippen LogP contribution in [0.1, 0.15) is 10.4 Å².